The summed E-state index contributed by atoms with van der Waals surface area (Å²) in [7, 11) is 0. The van der Waals surface area contributed by atoms with Gasteiger partial charge in [-0.1, -0.05) is 30.3 Å². The molecule has 0 spiro atoms. The predicted octanol–water partition coefficient (Wildman–Crippen LogP) is 0.117. The van der Waals surface area contributed by atoms with Gasteiger partial charge in [-0.15, -0.1) is 0 Å². The molecule has 0 bridgehead atoms. The summed E-state index contributed by atoms with van der Waals surface area (Å²) in [6, 6.07) is 8.95. The van der Waals surface area contributed by atoms with Crippen molar-refractivity contribution in [3.05, 3.63) is 47.0 Å². The normalized spacial score (nSPS) is 23.0. The Morgan fingerprint density at radius 1 is 1.17 bits per heavy atom. The summed E-state index contributed by atoms with van der Waals surface area (Å²) in [5.41, 5.74) is 1.41. The van der Waals surface area contributed by atoms with Crippen molar-refractivity contribution in [2.75, 3.05) is 0 Å². The van der Waals surface area contributed by atoms with Gasteiger partial charge in [0.05, 0.1) is 6.04 Å². The van der Waals surface area contributed by atoms with Crippen LogP contribution in [0.15, 0.2) is 36.5 Å². The van der Waals surface area contributed by atoms with E-state index in [1.54, 1.807) is 0 Å². The highest BCUT2D eigenvalue weighted by molar-refractivity contribution is 5.76. The molecule has 1 aromatic carbocycles. The van der Waals surface area contributed by atoms with Crippen LogP contribution in [0.2, 0.25) is 0 Å². The molecule has 1 unspecified atom stereocenters. The van der Waals surface area contributed by atoms with Gasteiger partial charge in [0, 0.05) is 0 Å². The van der Waals surface area contributed by atoms with E-state index in [0.717, 1.165) is 0 Å². The molecule has 1 nitrogen and oxygen atoms in total. The van der Waals surface area contributed by atoms with Crippen molar-refractivity contribution in [2.45, 2.75) is 6.04 Å². The van der Waals surface area contributed by atoms with Gasteiger partial charge in [0.1, 0.15) is 0 Å². The van der Waals surface area contributed by atoms with Crippen molar-refractivity contribution >= 4 is 11.6 Å². The summed E-state index contributed by atoms with van der Waals surface area (Å²) in [6.07, 6.45) is 6.45. The fraction of sp³-hybridized carbons (Fsp3) is 0.0909. The molecule has 0 aromatic heterocycles. The van der Waals surface area contributed by atoms with Gasteiger partial charge in [-0.3, -0.25) is 0 Å². The maximum absolute atomic E-state index is 3.29. The molecule has 0 radical (unpaired) electrons. The Labute approximate surface area is 70.7 Å². The van der Waals surface area contributed by atoms with Crippen LogP contribution in [0.4, 0.5) is 0 Å². The Balaban J connectivity index is 2.49. The Morgan fingerprint density at radius 2 is 2.08 bits per heavy atom. The first kappa shape index (κ1) is 6.06. The van der Waals surface area contributed by atoms with Crippen LogP contribution in [-0.2, 0) is 0 Å². The average Bonchev–Trinajstić information content (AvgIpc) is 2.62. The zero-order valence-electron chi connectivity index (χ0n) is 6.62. The van der Waals surface area contributed by atoms with Crippen LogP contribution < -0.4 is 15.8 Å². The van der Waals surface area contributed by atoms with E-state index in [1.807, 2.05) is 6.20 Å². The van der Waals surface area contributed by atoms with Gasteiger partial charge in [0.2, 0.25) is 0 Å². The van der Waals surface area contributed by atoms with Crippen molar-refractivity contribution in [1.29, 1.82) is 0 Å². The van der Waals surface area contributed by atoms with Gasteiger partial charge in [0.25, 0.3) is 0 Å². The summed E-state index contributed by atoms with van der Waals surface area (Å²) in [5.74, 6) is 0. The molecule has 0 amide bonds. The molecule has 1 heteroatoms. The van der Waals surface area contributed by atoms with Crippen LogP contribution in [-0.4, -0.2) is 6.04 Å². The maximum atomic E-state index is 3.29. The van der Waals surface area contributed by atoms with Gasteiger partial charge >= 0.3 is 0 Å². The second kappa shape index (κ2) is 2.01. The van der Waals surface area contributed by atoms with Crippen LogP contribution in [0.5, 0.6) is 0 Å². The minimum absolute atomic E-state index is 0.433. The van der Waals surface area contributed by atoms with E-state index >= 15 is 0 Å². The molecule has 58 valence electrons. The first-order valence-electron chi connectivity index (χ1n) is 4.19. The predicted molar refractivity (Wildman–Crippen MR) is 49.6 cm³/mol. The SMILES string of the molecule is C1=CC2=c3ccccc3=CC2N1. The lowest BCUT2D eigenvalue weighted by atomic mass is 10.1. The quantitative estimate of drug-likeness (QED) is 0.561. The van der Waals surface area contributed by atoms with Gasteiger partial charge in [0.15, 0.2) is 0 Å². The minimum atomic E-state index is 0.433. The number of rotatable bonds is 0. The number of nitrogens with one attached hydrogen (secondary N) is 1. The zero-order valence-corrected chi connectivity index (χ0v) is 6.62. The lowest BCUT2D eigenvalue weighted by Gasteiger charge is -2.01. The molecule has 1 aliphatic heterocycles. The third-order valence-corrected chi connectivity index (χ3v) is 2.49. The summed E-state index contributed by atoms with van der Waals surface area (Å²) in [5, 5.41) is 6.03. The van der Waals surface area contributed by atoms with E-state index in [4.69, 9.17) is 0 Å². The van der Waals surface area contributed by atoms with Crippen LogP contribution in [0, 0.1) is 0 Å². The largest absolute Gasteiger partial charge is 0.381 e. The Morgan fingerprint density at radius 3 is 3.08 bits per heavy atom. The van der Waals surface area contributed by atoms with E-state index in [2.05, 4.69) is 41.7 Å². The van der Waals surface area contributed by atoms with Crippen molar-refractivity contribution < 1.29 is 0 Å². The maximum Gasteiger partial charge on any atom is 0.0708 e. The number of hydrogen-bond acceptors (Lipinski definition) is 1. The number of hydrogen-bond donors (Lipinski definition) is 1. The Bertz CT molecular complexity index is 468. The highest BCUT2D eigenvalue weighted by Crippen LogP contribution is 2.13. The van der Waals surface area contributed by atoms with Crippen molar-refractivity contribution in [3.8, 4) is 0 Å². The molecule has 3 rings (SSSR count). The lowest BCUT2D eigenvalue weighted by Crippen LogP contribution is -2.21. The van der Waals surface area contributed by atoms with Crippen molar-refractivity contribution in [3.63, 3.8) is 0 Å². The molecular formula is C11H9N. The third-order valence-electron chi connectivity index (χ3n) is 2.49. The number of fused-ring (bicyclic) bond motifs is 2. The smallest absolute Gasteiger partial charge is 0.0708 e. The van der Waals surface area contributed by atoms with E-state index in [-0.39, 0.29) is 0 Å². The Kier molecular flexibility index (Phi) is 1.01. The monoisotopic (exact) mass is 155 g/mol. The molecule has 1 atom stereocenters. The second-order valence-corrected chi connectivity index (χ2v) is 3.19. The zero-order chi connectivity index (χ0) is 7.97. The third kappa shape index (κ3) is 0.632. The first-order valence-corrected chi connectivity index (χ1v) is 4.19. The van der Waals surface area contributed by atoms with Gasteiger partial charge in [-0.25, -0.2) is 0 Å². The van der Waals surface area contributed by atoms with E-state index in [0.29, 0.717) is 6.04 Å². The molecule has 1 aliphatic carbocycles. The topological polar surface area (TPSA) is 12.0 Å². The van der Waals surface area contributed by atoms with E-state index in [1.165, 1.54) is 16.0 Å². The summed E-state index contributed by atoms with van der Waals surface area (Å²) >= 11 is 0. The van der Waals surface area contributed by atoms with Crippen LogP contribution >= 0.6 is 0 Å². The standard InChI is InChI=1S/C11H9N/c1-2-4-9-8(3-1)7-11-10(9)5-6-12-11/h1-7,11-12H. The molecule has 12 heavy (non-hydrogen) atoms. The molecule has 1 aromatic rings. The second-order valence-electron chi connectivity index (χ2n) is 3.19. The van der Waals surface area contributed by atoms with Crippen LogP contribution in [0.3, 0.4) is 0 Å². The molecule has 0 saturated carbocycles. The average molecular weight is 155 g/mol. The van der Waals surface area contributed by atoms with Gasteiger partial charge in [-0.05, 0) is 28.3 Å². The van der Waals surface area contributed by atoms with Gasteiger partial charge in [-0.2, -0.15) is 0 Å². The van der Waals surface area contributed by atoms with Crippen molar-refractivity contribution in [1.82, 2.24) is 5.32 Å². The summed E-state index contributed by atoms with van der Waals surface area (Å²) in [6.45, 7) is 0. The van der Waals surface area contributed by atoms with E-state index in [9.17, 15) is 0 Å². The highest BCUT2D eigenvalue weighted by atomic mass is 14.9. The van der Waals surface area contributed by atoms with Crippen molar-refractivity contribution in [2.24, 2.45) is 0 Å². The molecule has 2 aliphatic rings. The highest BCUT2D eigenvalue weighted by Gasteiger charge is 2.17. The lowest BCUT2D eigenvalue weighted by molar-refractivity contribution is 0.933. The fourth-order valence-corrected chi connectivity index (χ4v) is 1.92. The van der Waals surface area contributed by atoms with E-state index < -0.39 is 0 Å². The fourth-order valence-electron chi connectivity index (χ4n) is 1.92. The summed E-state index contributed by atoms with van der Waals surface area (Å²) in [4.78, 5) is 0. The number of benzene rings is 1. The first-order chi connectivity index (χ1) is 5.95. The van der Waals surface area contributed by atoms with Gasteiger partial charge < -0.3 is 5.32 Å². The summed E-state index contributed by atoms with van der Waals surface area (Å²) < 4.78 is 0. The molecular weight excluding hydrogens is 146 g/mol. The van der Waals surface area contributed by atoms with Crippen LogP contribution in [0.1, 0.15) is 0 Å². The molecule has 0 fully saturated rings. The molecule has 1 N–H and O–H groups in total. The molecule has 0 saturated heterocycles. The Hall–Kier alpha value is -1.50. The molecule has 1 heterocycles. The minimum Gasteiger partial charge on any atom is -0.381 e. The van der Waals surface area contributed by atoms with Crippen LogP contribution in [0.25, 0.3) is 11.6 Å².